The third-order valence-corrected chi connectivity index (χ3v) is 5.45. The van der Waals surface area contributed by atoms with Crippen molar-refractivity contribution < 1.29 is 0 Å². The Morgan fingerprint density at radius 2 is 1.71 bits per heavy atom. The molecule has 4 heteroatoms. The summed E-state index contributed by atoms with van der Waals surface area (Å²) in [7, 11) is 4.24. The molecule has 0 aromatic carbocycles. The summed E-state index contributed by atoms with van der Waals surface area (Å²) >= 11 is 7.46. The van der Waals surface area contributed by atoms with Crippen LogP contribution in [0.5, 0.6) is 0 Å². The molecule has 0 atom stereocenters. The Kier molecular flexibility index (Phi) is 5.12. The zero-order chi connectivity index (χ0) is 12.3. The van der Waals surface area contributed by atoms with Crippen LogP contribution >= 0.6 is 24.0 Å². The van der Waals surface area contributed by atoms with E-state index in [1.165, 1.54) is 38.8 Å². The van der Waals surface area contributed by atoms with Crippen LogP contribution < -0.4 is 0 Å². The van der Waals surface area contributed by atoms with E-state index in [4.69, 9.17) is 12.2 Å². The van der Waals surface area contributed by atoms with Crippen LogP contribution in [0.2, 0.25) is 0 Å². The monoisotopic (exact) mass is 272 g/mol. The van der Waals surface area contributed by atoms with Gasteiger partial charge in [-0.3, -0.25) is 0 Å². The Morgan fingerprint density at radius 1 is 1.18 bits per heavy atom. The molecule has 2 saturated heterocycles. The number of hydrogen-bond donors (Lipinski definition) is 0. The number of rotatable bonds is 3. The lowest BCUT2D eigenvalue weighted by Crippen LogP contribution is -2.32. The van der Waals surface area contributed by atoms with E-state index in [2.05, 4.69) is 23.9 Å². The van der Waals surface area contributed by atoms with Gasteiger partial charge in [-0.25, -0.2) is 0 Å². The van der Waals surface area contributed by atoms with Crippen molar-refractivity contribution in [2.45, 2.75) is 25.7 Å². The van der Waals surface area contributed by atoms with Gasteiger partial charge in [0.25, 0.3) is 0 Å². The minimum absolute atomic E-state index is 0.918. The largest absolute Gasteiger partial charge is 0.357 e. The summed E-state index contributed by atoms with van der Waals surface area (Å²) in [5, 5.41) is 0. The first-order valence-electron chi connectivity index (χ1n) is 6.71. The molecule has 0 unspecified atom stereocenters. The lowest BCUT2D eigenvalue weighted by atomic mass is 9.84. The topological polar surface area (TPSA) is 6.48 Å². The van der Waals surface area contributed by atoms with Crippen LogP contribution in [0.4, 0.5) is 0 Å². The summed E-state index contributed by atoms with van der Waals surface area (Å²) in [6.45, 7) is 3.57. The highest BCUT2D eigenvalue weighted by Crippen LogP contribution is 2.34. The zero-order valence-electron chi connectivity index (χ0n) is 11.0. The molecule has 0 amide bonds. The van der Waals surface area contributed by atoms with Gasteiger partial charge in [-0.2, -0.15) is 0 Å². The number of hydrogen-bond acceptors (Lipinski definition) is 3. The number of nitrogens with zero attached hydrogens (tertiary/aromatic N) is 2. The third-order valence-electron chi connectivity index (χ3n) is 3.95. The molecule has 2 heterocycles. The number of fused-ring (bicyclic) bond motifs is 4. The van der Waals surface area contributed by atoms with Gasteiger partial charge in [0.05, 0.1) is 0 Å². The molecular formula is C13H24N2S2. The summed E-state index contributed by atoms with van der Waals surface area (Å²) in [4.78, 5) is 4.72. The van der Waals surface area contributed by atoms with Gasteiger partial charge in [0, 0.05) is 25.4 Å². The predicted octanol–water partition coefficient (Wildman–Crippen LogP) is 2.69. The van der Waals surface area contributed by atoms with E-state index in [1.54, 1.807) is 0 Å². The standard InChI is InChI=1S/C13H24N2S2/c1-14(2)7-8-17-13(16)15-9-11-3-4-12(10-15)6-5-11/h11-12H,3-10H2,1-2H3. The van der Waals surface area contributed by atoms with E-state index < -0.39 is 0 Å². The molecule has 2 bridgehead atoms. The first kappa shape index (κ1) is 13.6. The summed E-state index contributed by atoms with van der Waals surface area (Å²) in [5.41, 5.74) is 0. The van der Waals surface area contributed by atoms with Crippen molar-refractivity contribution in [3.8, 4) is 0 Å². The van der Waals surface area contributed by atoms with Gasteiger partial charge in [-0.1, -0.05) is 24.0 Å². The first-order chi connectivity index (χ1) is 8.15. The van der Waals surface area contributed by atoms with E-state index >= 15 is 0 Å². The van der Waals surface area contributed by atoms with Crippen molar-refractivity contribution in [1.29, 1.82) is 0 Å². The summed E-state index contributed by atoms with van der Waals surface area (Å²) in [6.07, 6.45) is 5.75. The number of thioether (sulfide) groups is 1. The van der Waals surface area contributed by atoms with E-state index in [-0.39, 0.29) is 0 Å². The highest BCUT2D eigenvalue weighted by Gasteiger charge is 2.30. The maximum atomic E-state index is 5.59. The molecule has 3 aliphatic rings. The van der Waals surface area contributed by atoms with Crippen LogP contribution in [0.25, 0.3) is 0 Å². The second kappa shape index (κ2) is 6.39. The van der Waals surface area contributed by atoms with Crippen molar-refractivity contribution in [1.82, 2.24) is 9.80 Å². The lowest BCUT2D eigenvalue weighted by Gasteiger charge is -2.25. The van der Waals surface area contributed by atoms with Crippen LogP contribution in [-0.4, -0.2) is 53.6 Å². The molecule has 98 valence electrons. The molecule has 17 heavy (non-hydrogen) atoms. The van der Waals surface area contributed by atoms with Gasteiger partial charge < -0.3 is 9.80 Å². The van der Waals surface area contributed by atoms with E-state index in [9.17, 15) is 0 Å². The Hall–Kier alpha value is 0.200. The van der Waals surface area contributed by atoms with Crippen LogP contribution in [0.3, 0.4) is 0 Å². The van der Waals surface area contributed by atoms with Crippen molar-refractivity contribution in [3.63, 3.8) is 0 Å². The summed E-state index contributed by atoms with van der Waals surface area (Å²) in [5.74, 6) is 2.96. The Bertz CT molecular complexity index is 246. The average Bonchev–Trinajstić information content (AvgIpc) is 2.61. The summed E-state index contributed by atoms with van der Waals surface area (Å²) < 4.78 is 1.14. The molecule has 3 fully saturated rings. The van der Waals surface area contributed by atoms with E-state index in [1.807, 2.05) is 11.8 Å². The van der Waals surface area contributed by atoms with Crippen molar-refractivity contribution in [2.24, 2.45) is 11.8 Å². The van der Waals surface area contributed by atoms with Gasteiger partial charge in [0.15, 0.2) is 0 Å². The molecule has 0 N–H and O–H groups in total. The molecule has 0 aromatic rings. The smallest absolute Gasteiger partial charge is 0.136 e. The molecule has 2 aliphatic heterocycles. The third kappa shape index (κ3) is 4.11. The molecule has 3 rings (SSSR count). The van der Waals surface area contributed by atoms with Gasteiger partial charge in [-0.15, -0.1) is 0 Å². The molecule has 1 saturated carbocycles. The van der Waals surface area contributed by atoms with Gasteiger partial charge in [0.2, 0.25) is 0 Å². The Balaban J connectivity index is 1.79. The normalized spacial score (nSPS) is 28.5. The van der Waals surface area contributed by atoms with Crippen LogP contribution in [-0.2, 0) is 0 Å². The molecular weight excluding hydrogens is 248 g/mol. The second-order valence-electron chi connectivity index (χ2n) is 5.71. The van der Waals surface area contributed by atoms with Crippen molar-refractivity contribution >= 4 is 28.3 Å². The van der Waals surface area contributed by atoms with E-state index in [0.717, 1.165) is 28.5 Å². The minimum Gasteiger partial charge on any atom is -0.357 e. The van der Waals surface area contributed by atoms with Crippen LogP contribution in [0.15, 0.2) is 0 Å². The molecule has 2 nitrogen and oxygen atoms in total. The maximum Gasteiger partial charge on any atom is 0.136 e. The minimum atomic E-state index is 0.918. The molecule has 0 radical (unpaired) electrons. The van der Waals surface area contributed by atoms with Gasteiger partial charge in [0.1, 0.15) is 4.32 Å². The highest BCUT2D eigenvalue weighted by molar-refractivity contribution is 8.22. The zero-order valence-corrected chi connectivity index (χ0v) is 12.7. The van der Waals surface area contributed by atoms with Gasteiger partial charge >= 0.3 is 0 Å². The van der Waals surface area contributed by atoms with Crippen LogP contribution in [0.1, 0.15) is 25.7 Å². The molecule has 0 spiro atoms. The maximum absolute atomic E-state index is 5.59. The average molecular weight is 272 g/mol. The Morgan fingerprint density at radius 3 is 2.18 bits per heavy atom. The fraction of sp³-hybridized carbons (Fsp3) is 0.923. The van der Waals surface area contributed by atoms with Crippen molar-refractivity contribution in [2.75, 3.05) is 39.5 Å². The predicted molar refractivity (Wildman–Crippen MR) is 80.6 cm³/mol. The lowest BCUT2D eigenvalue weighted by molar-refractivity contribution is 0.326. The van der Waals surface area contributed by atoms with Crippen molar-refractivity contribution in [3.05, 3.63) is 0 Å². The first-order valence-corrected chi connectivity index (χ1v) is 8.11. The fourth-order valence-corrected chi connectivity index (χ4v) is 4.21. The van der Waals surface area contributed by atoms with Gasteiger partial charge in [-0.05, 0) is 51.6 Å². The summed E-state index contributed by atoms with van der Waals surface area (Å²) in [6, 6.07) is 0. The molecule has 0 aromatic heterocycles. The molecule has 1 aliphatic carbocycles. The Labute approximate surface area is 115 Å². The fourth-order valence-electron chi connectivity index (χ4n) is 2.85. The number of thiocarbonyl (C=S) groups is 1. The second-order valence-corrected chi connectivity index (χ2v) is 7.44. The SMILES string of the molecule is CN(C)CCSC(=S)N1CC2CCC(CC2)C1. The van der Waals surface area contributed by atoms with Crippen LogP contribution in [0, 0.1) is 11.8 Å². The van der Waals surface area contributed by atoms with E-state index in [0.29, 0.717) is 0 Å². The highest BCUT2D eigenvalue weighted by atomic mass is 32.2. The quantitative estimate of drug-likeness (QED) is 0.729.